The molecule has 16 heavy (non-hydrogen) atoms. The number of aliphatic carboxylic acids is 1. The van der Waals surface area contributed by atoms with Crippen molar-refractivity contribution in [3.8, 4) is 0 Å². The van der Waals surface area contributed by atoms with E-state index in [9.17, 15) is 9.00 Å². The smallest absolute Gasteiger partial charge is 0.303 e. The second-order valence-electron chi connectivity index (χ2n) is 3.42. The summed E-state index contributed by atoms with van der Waals surface area (Å²) < 4.78 is 11.6. The van der Waals surface area contributed by atoms with Gasteiger partial charge in [-0.2, -0.15) is 0 Å². The molecule has 0 aliphatic rings. The zero-order valence-electron chi connectivity index (χ0n) is 8.69. The Labute approximate surface area is 102 Å². The van der Waals surface area contributed by atoms with Gasteiger partial charge in [0.2, 0.25) is 0 Å². The molecule has 0 amide bonds. The van der Waals surface area contributed by atoms with Gasteiger partial charge < -0.3 is 5.11 Å². The highest BCUT2D eigenvalue weighted by Crippen LogP contribution is 2.12. The van der Waals surface area contributed by atoms with Crippen molar-refractivity contribution >= 4 is 28.4 Å². The molecule has 1 unspecified atom stereocenters. The van der Waals surface area contributed by atoms with Crippen LogP contribution in [0.25, 0.3) is 0 Å². The van der Waals surface area contributed by atoms with Gasteiger partial charge in [0, 0.05) is 33.7 Å². The summed E-state index contributed by atoms with van der Waals surface area (Å²) in [5.74, 6) is -0.00123. The first-order valence-electron chi connectivity index (χ1n) is 4.89. The zero-order chi connectivity index (χ0) is 12.0. The molecule has 0 spiro atoms. The molecule has 0 heterocycles. The highest BCUT2D eigenvalue weighted by Gasteiger charge is 2.04. The molecule has 0 aliphatic heterocycles. The van der Waals surface area contributed by atoms with Crippen LogP contribution in [0.4, 0.5) is 0 Å². The van der Waals surface area contributed by atoms with E-state index in [-0.39, 0.29) is 6.42 Å². The van der Waals surface area contributed by atoms with Crippen molar-refractivity contribution in [2.75, 3.05) is 5.75 Å². The predicted molar refractivity (Wildman–Crippen MR) is 65.0 cm³/mol. The highest BCUT2D eigenvalue weighted by molar-refractivity contribution is 7.84. The minimum Gasteiger partial charge on any atom is -0.481 e. The van der Waals surface area contributed by atoms with Crippen molar-refractivity contribution in [2.24, 2.45) is 0 Å². The molecule has 3 nitrogen and oxygen atoms in total. The number of halogens is 1. The van der Waals surface area contributed by atoms with E-state index in [1.54, 1.807) is 12.1 Å². The van der Waals surface area contributed by atoms with Crippen LogP contribution in [0.5, 0.6) is 0 Å². The van der Waals surface area contributed by atoms with Gasteiger partial charge in [-0.05, 0) is 24.1 Å². The van der Waals surface area contributed by atoms with E-state index in [1.807, 2.05) is 12.1 Å². The van der Waals surface area contributed by atoms with E-state index in [2.05, 4.69) is 0 Å². The first kappa shape index (κ1) is 13.2. The monoisotopic (exact) mass is 260 g/mol. The summed E-state index contributed by atoms with van der Waals surface area (Å²) in [6.45, 7) is 0. The van der Waals surface area contributed by atoms with E-state index in [1.165, 1.54) is 0 Å². The van der Waals surface area contributed by atoms with Crippen LogP contribution in [0.1, 0.15) is 18.4 Å². The fourth-order valence-corrected chi connectivity index (χ4v) is 2.64. The standard InChI is InChI=1S/C11H13ClO3S/c12-10-4-1-3-9(7-10)8-16(15)6-2-5-11(13)14/h1,3-4,7H,2,5-6,8H2,(H,13,14). The maximum atomic E-state index is 11.6. The summed E-state index contributed by atoms with van der Waals surface area (Å²) in [4.78, 5) is 10.3. The third-order valence-electron chi connectivity index (χ3n) is 1.98. The largest absolute Gasteiger partial charge is 0.481 e. The average Bonchev–Trinajstić information content (AvgIpc) is 2.16. The number of benzene rings is 1. The molecule has 0 saturated carbocycles. The van der Waals surface area contributed by atoms with Crippen LogP contribution in [-0.4, -0.2) is 21.0 Å². The number of carbonyl (C=O) groups is 1. The van der Waals surface area contributed by atoms with Crippen LogP contribution in [0, 0.1) is 0 Å². The maximum Gasteiger partial charge on any atom is 0.303 e. The van der Waals surface area contributed by atoms with Crippen molar-refractivity contribution in [2.45, 2.75) is 18.6 Å². The average molecular weight is 261 g/mol. The number of carboxylic acids is 1. The van der Waals surface area contributed by atoms with Crippen LogP contribution < -0.4 is 0 Å². The molecular formula is C11H13ClO3S. The Balaban J connectivity index is 2.37. The van der Waals surface area contributed by atoms with Gasteiger partial charge >= 0.3 is 5.97 Å². The van der Waals surface area contributed by atoms with Crippen molar-refractivity contribution in [1.82, 2.24) is 0 Å². The molecule has 1 rings (SSSR count). The molecule has 1 aromatic carbocycles. The molecule has 1 aromatic rings. The molecule has 0 fully saturated rings. The van der Waals surface area contributed by atoms with Gasteiger partial charge in [0.05, 0.1) is 0 Å². The number of carboxylic acid groups (broad SMARTS) is 1. The summed E-state index contributed by atoms with van der Waals surface area (Å²) in [6.07, 6.45) is 0.518. The van der Waals surface area contributed by atoms with Gasteiger partial charge in [-0.15, -0.1) is 0 Å². The van der Waals surface area contributed by atoms with E-state index >= 15 is 0 Å². The molecule has 0 aromatic heterocycles. The number of rotatable bonds is 6. The molecular weight excluding hydrogens is 248 g/mol. The summed E-state index contributed by atoms with van der Waals surface area (Å²) in [5, 5.41) is 9.06. The Hall–Kier alpha value is -0.870. The van der Waals surface area contributed by atoms with E-state index in [0.29, 0.717) is 22.9 Å². The minimum atomic E-state index is -1.02. The Bertz CT molecular complexity index is 393. The first-order chi connectivity index (χ1) is 7.58. The van der Waals surface area contributed by atoms with Gasteiger partial charge in [0.25, 0.3) is 0 Å². The van der Waals surface area contributed by atoms with E-state index < -0.39 is 16.8 Å². The van der Waals surface area contributed by atoms with Crippen molar-refractivity contribution in [1.29, 1.82) is 0 Å². The third-order valence-corrected chi connectivity index (χ3v) is 3.61. The summed E-state index contributed by atoms with van der Waals surface area (Å²) in [6, 6.07) is 7.21. The highest BCUT2D eigenvalue weighted by atomic mass is 35.5. The molecule has 1 N–H and O–H groups in total. The quantitative estimate of drug-likeness (QED) is 0.855. The fourth-order valence-electron chi connectivity index (χ4n) is 1.27. The second-order valence-corrected chi connectivity index (χ2v) is 5.43. The van der Waals surface area contributed by atoms with Gasteiger partial charge in [-0.3, -0.25) is 9.00 Å². The molecule has 88 valence electrons. The molecule has 5 heteroatoms. The van der Waals surface area contributed by atoms with E-state index in [0.717, 1.165) is 5.56 Å². The van der Waals surface area contributed by atoms with E-state index in [4.69, 9.17) is 16.7 Å². The second kappa shape index (κ2) is 6.66. The zero-order valence-corrected chi connectivity index (χ0v) is 10.3. The lowest BCUT2D eigenvalue weighted by Gasteiger charge is -2.02. The Kier molecular flexibility index (Phi) is 5.49. The summed E-state index contributed by atoms with van der Waals surface area (Å²) >= 11 is 5.80. The number of hydrogen-bond donors (Lipinski definition) is 1. The van der Waals surface area contributed by atoms with Gasteiger partial charge in [0.15, 0.2) is 0 Å². The topological polar surface area (TPSA) is 54.4 Å². The number of hydrogen-bond acceptors (Lipinski definition) is 2. The van der Waals surface area contributed by atoms with Crippen LogP contribution in [0.15, 0.2) is 24.3 Å². The molecule has 0 aliphatic carbocycles. The van der Waals surface area contributed by atoms with Crippen LogP contribution >= 0.6 is 11.6 Å². The third kappa shape index (κ3) is 5.28. The van der Waals surface area contributed by atoms with Gasteiger partial charge in [-0.25, -0.2) is 0 Å². The summed E-state index contributed by atoms with van der Waals surface area (Å²) in [7, 11) is -1.02. The predicted octanol–water partition coefficient (Wildman–Crippen LogP) is 2.45. The molecule has 1 atom stereocenters. The normalized spacial score (nSPS) is 12.3. The lowest BCUT2D eigenvalue weighted by atomic mass is 10.2. The van der Waals surface area contributed by atoms with Crippen molar-refractivity contribution in [3.05, 3.63) is 34.9 Å². The fraction of sp³-hybridized carbons (Fsp3) is 0.364. The Morgan fingerprint density at radius 3 is 2.81 bits per heavy atom. The van der Waals surface area contributed by atoms with Crippen LogP contribution in [0.2, 0.25) is 5.02 Å². The maximum absolute atomic E-state index is 11.6. The Morgan fingerprint density at radius 1 is 1.44 bits per heavy atom. The molecule has 0 bridgehead atoms. The van der Waals surface area contributed by atoms with Crippen molar-refractivity contribution < 1.29 is 14.1 Å². The van der Waals surface area contributed by atoms with Crippen molar-refractivity contribution in [3.63, 3.8) is 0 Å². The first-order valence-corrected chi connectivity index (χ1v) is 6.76. The molecule has 0 saturated heterocycles. The van der Waals surface area contributed by atoms with Crippen LogP contribution in [0.3, 0.4) is 0 Å². The van der Waals surface area contributed by atoms with Gasteiger partial charge in [0.1, 0.15) is 0 Å². The van der Waals surface area contributed by atoms with Gasteiger partial charge in [-0.1, -0.05) is 23.7 Å². The lowest BCUT2D eigenvalue weighted by Crippen LogP contribution is -2.04. The van der Waals surface area contributed by atoms with Crippen LogP contribution in [-0.2, 0) is 21.3 Å². The lowest BCUT2D eigenvalue weighted by molar-refractivity contribution is -0.137. The molecule has 0 radical (unpaired) electrons. The minimum absolute atomic E-state index is 0.0707. The SMILES string of the molecule is O=C(O)CCCS(=O)Cc1cccc(Cl)c1. The summed E-state index contributed by atoms with van der Waals surface area (Å²) in [5.41, 5.74) is 0.918. The Morgan fingerprint density at radius 2 is 2.19 bits per heavy atom.